The molecule has 2 amide bonds. The Morgan fingerprint density at radius 2 is 1.53 bits per heavy atom. The number of hydrogen-bond donors (Lipinski definition) is 0. The minimum atomic E-state index is -0.751. The van der Waals surface area contributed by atoms with E-state index in [1.54, 1.807) is 43.3 Å². The number of Topliss-reactive ketones (excluding diaryl/α,β-unsaturated/α-hetero) is 1. The third-order valence-corrected chi connectivity index (χ3v) is 7.78. The number of nitrogens with zero attached hydrogens (tertiary/aromatic N) is 1. The average molecular weight is 428 g/mol. The van der Waals surface area contributed by atoms with Gasteiger partial charge in [0.1, 0.15) is 5.75 Å². The number of rotatable bonds is 5. The first-order valence-electron chi connectivity index (χ1n) is 11.4. The van der Waals surface area contributed by atoms with Gasteiger partial charge >= 0.3 is 0 Å². The molecule has 0 radical (unpaired) electrons. The molecular formula is C27H25NO4. The maximum atomic E-state index is 13.5. The Morgan fingerprint density at radius 3 is 2.16 bits per heavy atom. The molecule has 2 bridgehead atoms. The van der Waals surface area contributed by atoms with Crippen LogP contribution in [0.15, 0.2) is 60.7 Å². The van der Waals surface area contributed by atoms with Crippen molar-refractivity contribution < 1.29 is 19.1 Å². The van der Waals surface area contributed by atoms with Gasteiger partial charge in [0.05, 0.1) is 17.5 Å². The van der Waals surface area contributed by atoms with Gasteiger partial charge in [-0.1, -0.05) is 54.1 Å². The fraction of sp³-hybridized carbons (Fsp3) is 0.370. The normalized spacial score (nSPS) is 32.5. The highest BCUT2D eigenvalue weighted by Gasteiger charge is 2.67. The van der Waals surface area contributed by atoms with Gasteiger partial charge in [0.2, 0.25) is 17.6 Å². The lowest BCUT2D eigenvalue weighted by Crippen LogP contribution is -2.40. The Bertz CT molecular complexity index is 1130. The van der Waals surface area contributed by atoms with Gasteiger partial charge in [-0.05, 0) is 56.1 Å². The van der Waals surface area contributed by atoms with Crippen molar-refractivity contribution in [3.8, 4) is 5.75 Å². The van der Waals surface area contributed by atoms with Crippen LogP contribution in [0.2, 0.25) is 0 Å². The van der Waals surface area contributed by atoms with Gasteiger partial charge in [-0.25, -0.2) is 4.90 Å². The molecule has 0 aromatic heterocycles. The number of para-hydroxylation sites is 2. The van der Waals surface area contributed by atoms with Crippen molar-refractivity contribution >= 4 is 23.3 Å². The summed E-state index contributed by atoms with van der Waals surface area (Å²) in [6.45, 7) is 3.67. The lowest BCUT2D eigenvalue weighted by atomic mass is 9.63. The molecule has 5 aliphatic rings. The number of anilines is 1. The second-order valence-electron chi connectivity index (χ2n) is 9.62. The number of hydrogen-bond acceptors (Lipinski definition) is 4. The van der Waals surface area contributed by atoms with E-state index in [1.165, 1.54) is 4.90 Å². The zero-order valence-corrected chi connectivity index (χ0v) is 18.1. The number of carbonyl (C=O) groups excluding carboxylic acids is 3. The topological polar surface area (TPSA) is 63.7 Å². The summed E-state index contributed by atoms with van der Waals surface area (Å²) in [5, 5.41) is 0. The number of carbonyl (C=O) groups is 3. The van der Waals surface area contributed by atoms with Crippen LogP contribution in [0.3, 0.4) is 0 Å². The van der Waals surface area contributed by atoms with E-state index in [0.29, 0.717) is 28.8 Å². The van der Waals surface area contributed by atoms with Crippen molar-refractivity contribution in [3.05, 3.63) is 71.8 Å². The molecule has 0 spiro atoms. The molecule has 162 valence electrons. The SMILES string of the molecule is Cc1ccc(C(=O)[C@@H](C)Oc2ccccc2N2C(=O)[C@@H]3[C@@H]4C=C[C@H]([C@H]5C[C@@H]45)[C@@H]3C2=O)cc1. The van der Waals surface area contributed by atoms with E-state index in [0.717, 1.165) is 12.0 Å². The molecule has 1 aliphatic heterocycles. The summed E-state index contributed by atoms with van der Waals surface area (Å²) in [6.07, 6.45) is 4.71. The molecule has 7 rings (SSSR count). The lowest BCUT2D eigenvalue weighted by Gasteiger charge is -2.37. The Morgan fingerprint density at radius 1 is 0.938 bits per heavy atom. The van der Waals surface area contributed by atoms with Crippen LogP contribution in [0.4, 0.5) is 5.69 Å². The molecule has 1 heterocycles. The Hall–Kier alpha value is -3.21. The van der Waals surface area contributed by atoms with E-state index in [4.69, 9.17) is 4.74 Å². The van der Waals surface area contributed by atoms with Crippen LogP contribution in [-0.2, 0) is 9.59 Å². The number of imide groups is 1. The van der Waals surface area contributed by atoms with Crippen LogP contribution in [0.1, 0.15) is 29.3 Å². The van der Waals surface area contributed by atoms with Gasteiger partial charge in [0.15, 0.2) is 6.10 Å². The number of aryl methyl sites for hydroxylation is 1. The Balaban J connectivity index is 1.29. The van der Waals surface area contributed by atoms with Crippen molar-refractivity contribution in [1.29, 1.82) is 0 Å². The fourth-order valence-electron chi connectivity index (χ4n) is 6.13. The second kappa shape index (κ2) is 6.89. The van der Waals surface area contributed by atoms with E-state index >= 15 is 0 Å². The van der Waals surface area contributed by atoms with Crippen molar-refractivity contribution in [1.82, 2.24) is 0 Å². The molecule has 32 heavy (non-hydrogen) atoms. The minimum Gasteiger partial charge on any atom is -0.480 e. The zero-order valence-electron chi connectivity index (χ0n) is 18.1. The highest BCUT2D eigenvalue weighted by Crippen LogP contribution is 2.65. The molecule has 2 aromatic carbocycles. The van der Waals surface area contributed by atoms with Gasteiger partial charge in [0, 0.05) is 5.56 Å². The zero-order chi connectivity index (χ0) is 22.1. The maximum Gasteiger partial charge on any atom is 0.238 e. The van der Waals surface area contributed by atoms with Gasteiger partial charge in [-0.3, -0.25) is 14.4 Å². The average Bonchev–Trinajstić information content (AvgIpc) is 3.58. The first kappa shape index (κ1) is 19.5. The third kappa shape index (κ3) is 2.73. The number of amides is 2. The predicted molar refractivity (Wildman–Crippen MR) is 119 cm³/mol. The van der Waals surface area contributed by atoms with E-state index in [1.807, 2.05) is 19.1 Å². The quantitative estimate of drug-likeness (QED) is 0.408. The number of ketones is 1. The van der Waals surface area contributed by atoms with Crippen LogP contribution in [-0.4, -0.2) is 23.7 Å². The van der Waals surface area contributed by atoms with E-state index in [-0.39, 0.29) is 41.3 Å². The molecule has 0 unspecified atom stereocenters. The summed E-state index contributed by atoms with van der Waals surface area (Å²) in [5.41, 5.74) is 2.09. The van der Waals surface area contributed by atoms with Crippen LogP contribution < -0.4 is 9.64 Å². The van der Waals surface area contributed by atoms with Crippen molar-refractivity contribution in [2.45, 2.75) is 26.4 Å². The van der Waals surface area contributed by atoms with Crippen LogP contribution in [0.5, 0.6) is 5.75 Å². The van der Waals surface area contributed by atoms with E-state index < -0.39 is 6.10 Å². The smallest absolute Gasteiger partial charge is 0.238 e. The Labute approximate surface area is 187 Å². The predicted octanol–water partition coefficient (Wildman–Crippen LogP) is 4.20. The molecule has 4 aliphatic carbocycles. The molecule has 0 N–H and O–H groups in total. The molecule has 5 heteroatoms. The van der Waals surface area contributed by atoms with Gasteiger partial charge in [0.25, 0.3) is 0 Å². The first-order valence-corrected chi connectivity index (χ1v) is 11.4. The third-order valence-electron chi connectivity index (χ3n) is 7.78. The largest absolute Gasteiger partial charge is 0.480 e. The summed E-state index contributed by atoms with van der Waals surface area (Å²) < 4.78 is 6.04. The first-order chi connectivity index (χ1) is 15.5. The summed E-state index contributed by atoms with van der Waals surface area (Å²) in [4.78, 5) is 41.2. The molecule has 1 saturated heterocycles. The van der Waals surface area contributed by atoms with Crippen molar-refractivity contribution in [3.63, 3.8) is 0 Å². The highest BCUT2D eigenvalue weighted by atomic mass is 16.5. The summed E-state index contributed by atoms with van der Waals surface area (Å²) in [6, 6.07) is 14.4. The summed E-state index contributed by atoms with van der Waals surface area (Å²) >= 11 is 0. The number of benzene rings is 2. The minimum absolute atomic E-state index is 0.127. The lowest BCUT2D eigenvalue weighted by molar-refractivity contribution is -0.124. The second-order valence-corrected chi connectivity index (χ2v) is 9.62. The highest BCUT2D eigenvalue weighted by molar-refractivity contribution is 6.23. The van der Waals surface area contributed by atoms with E-state index in [9.17, 15) is 14.4 Å². The summed E-state index contributed by atoms with van der Waals surface area (Å²) in [5.74, 6) is 0.917. The molecule has 2 saturated carbocycles. The van der Waals surface area contributed by atoms with Crippen molar-refractivity contribution in [2.24, 2.45) is 35.5 Å². The van der Waals surface area contributed by atoms with Crippen LogP contribution >= 0.6 is 0 Å². The molecule has 2 aromatic rings. The van der Waals surface area contributed by atoms with Gasteiger partial charge < -0.3 is 4.74 Å². The monoisotopic (exact) mass is 427 g/mol. The van der Waals surface area contributed by atoms with Crippen molar-refractivity contribution in [2.75, 3.05) is 4.90 Å². The maximum absolute atomic E-state index is 13.5. The van der Waals surface area contributed by atoms with Gasteiger partial charge in [-0.15, -0.1) is 0 Å². The Kier molecular flexibility index (Phi) is 4.19. The standard InChI is InChI=1S/C27H25NO4/c1-14-7-9-16(10-8-14)25(29)15(2)32-22-6-4-3-5-21(22)28-26(30)23-17-11-12-18(20-13-19(17)20)24(23)27(28)31/h3-12,15,17-20,23-24H,13H2,1-2H3/t15-,17-,18-,19-,20+,23+,24-/m1/s1. The molecule has 5 nitrogen and oxygen atoms in total. The van der Waals surface area contributed by atoms with Crippen LogP contribution in [0.25, 0.3) is 0 Å². The molecule has 7 atom stereocenters. The molecular weight excluding hydrogens is 402 g/mol. The molecule has 3 fully saturated rings. The summed E-state index contributed by atoms with van der Waals surface area (Å²) in [7, 11) is 0. The van der Waals surface area contributed by atoms with Crippen LogP contribution in [0, 0.1) is 42.4 Å². The fourth-order valence-corrected chi connectivity index (χ4v) is 6.13. The number of ether oxygens (including phenoxy) is 1. The number of allylic oxidation sites excluding steroid dienone is 2. The van der Waals surface area contributed by atoms with Gasteiger partial charge in [-0.2, -0.15) is 0 Å². The van der Waals surface area contributed by atoms with E-state index in [2.05, 4.69) is 12.2 Å².